The molecular weight excluding hydrogens is 409 g/mol. The molecule has 7 heteroatoms. The Morgan fingerprint density at radius 2 is 1.72 bits per heavy atom. The Kier molecular flexibility index (Phi) is 12.8. The summed E-state index contributed by atoms with van der Waals surface area (Å²) in [5.74, 6) is 1.50. The van der Waals surface area contributed by atoms with Crippen molar-refractivity contribution < 1.29 is 9.90 Å². The van der Waals surface area contributed by atoms with Crippen LogP contribution in [0.4, 0.5) is 0 Å². The second-order valence-corrected chi connectivity index (χ2v) is 8.21. The number of carbonyl (C=O) groups excluding carboxylic acids is 1. The van der Waals surface area contributed by atoms with Crippen LogP contribution in [-0.2, 0) is 4.79 Å². The van der Waals surface area contributed by atoms with E-state index in [-0.39, 0.29) is 30.7 Å². The number of carbonyl (C=O) groups is 1. The Hall–Kier alpha value is -0.850. The molecule has 1 aromatic carbocycles. The normalized spacial score (nSPS) is 19.6. The highest BCUT2D eigenvalue weighted by molar-refractivity contribution is 5.85. The zero-order chi connectivity index (χ0) is 18.9. The lowest BCUT2D eigenvalue weighted by atomic mass is 9.93. The van der Waals surface area contributed by atoms with Crippen molar-refractivity contribution in [2.75, 3.05) is 39.3 Å². The Labute approximate surface area is 187 Å². The Morgan fingerprint density at radius 1 is 1.07 bits per heavy atom. The van der Waals surface area contributed by atoms with Gasteiger partial charge in [-0.05, 0) is 75.7 Å². The van der Waals surface area contributed by atoms with Crippen molar-refractivity contribution in [3.05, 3.63) is 35.9 Å². The molecule has 1 aromatic rings. The molecule has 0 radical (unpaired) electrons. The van der Waals surface area contributed by atoms with Gasteiger partial charge in [0.15, 0.2) is 0 Å². The van der Waals surface area contributed by atoms with Crippen LogP contribution in [0.5, 0.6) is 0 Å². The lowest BCUT2D eigenvalue weighted by molar-refractivity contribution is -0.121. The highest BCUT2D eigenvalue weighted by Crippen LogP contribution is 2.21. The monoisotopic (exact) mass is 445 g/mol. The zero-order valence-electron chi connectivity index (χ0n) is 17.2. The van der Waals surface area contributed by atoms with E-state index in [9.17, 15) is 9.90 Å². The number of hydrogen-bond acceptors (Lipinski definition) is 4. The van der Waals surface area contributed by atoms with E-state index in [0.717, 1.165) is 63.5 Å². The van der Waals surface area contributed by atoms with Crippen LogP contribution in [-0.4, -0.2) is 55.2 Å². The quantitative estimate of drug-likeness (QED) is 0.574. The number of likely N-dealkylation sites (tertiary alicyclic amines) is 1. The summed E-state index contributed by atoms with van der Waals surface area (Å²) < 4.78 is 0. The van der Waals surface area contributed by atoms with Crippen LogP contribution < -0.4 is 10.6 Å². The number of β-amino-alcohol motifs (C(OH)–C–C–N with tert-alkyl or cyclic N) is 1. The minimum absolute atomic E-state index is 0. The number of aliphatic hydroxyl groups excluding tert-OH is 1. The summed E-state index contributed by atoms with van der Waals surface area (Å²) in [6.45, 7) is 5.70. The van der Waals surface area contributed by atoms with Crippen LogP contribution >= 0.6 is 24.8 Å². The molecule has 0 bridgehead atoms. The molecule has 2 heterocycles. The van der Waals surface area contributed by atoms with Crippen molar-refractivity contribution in [1.29, 1.82) is 0 Å². The van der Waals surface area contributed by atoms with E-state index in [0.29, 0.717) is 18.9 Å². The number of rotatable bonds is 8. The predicted octanol–water partition coefficient (Wildman–Crippen LogP) is 3.17. The third-order valence-corrected chi connectivity index (χ3v) is 6.15. The maximum absolute atomic E-state index is 12.1. The van der Waals surface area contributed by atoms with Crippen LogP contribution in [0.1, 0.15) is 50.2 Å². The maximum Gasteiger partial charge on any atom is 0.220 e. The largest absolute Gasteiger partial charge is 0.387 e. The number of piperidine rings is 2. The molecule has 0 saturated carbocycles. The molecule has 2 fully saturated rings. The number of nitrogens with one attached hydrogen (secondary N) is 2. The summed E-state index contributed by atoms with van der Waals surface area (Å²) in [5.41, 5.74) is 0.987. The van der Waals surface area contributed by atoms with Gasteiger partial charge in [-0.2, -0.15) is 0 Å². The maximum atomic E-state index is 12.1. The Balaban J connectivity index is 0.00000210. The first-order valence-corrected chi connectivity index (χ1v) is 10.6. The molecule has 5 nitrogen and oxygen atoms in total. The number of halogens is 2. The van der Waals surface area contributed by atoms with Crippen molar-refractivity contribution >= 4 is 30.7 Å². The topological polar surface area (TPSA) is 64.6 Å². The second kappa shape index (κ2) is 14.2. The summed E-state index contributed by atoms with van der Waals surface area (Å²) in [4.78, 5) is 14.5. The van der Waals surface area contributed by atoms with Gasteiger partial charge in [0.2, 0.25) is 5.91 Å². The van der Waals surface area contributed by atoms with Crippen LogP contribution in [0.15, 0.2) is 30.3 Å². The van der Waals surface area contributed by atoms with E-state index in [4.69, 9.17) is 0 Å². The Morgan fingerprint density at radius 3 is 2.38 bits per heavy atom. The lowest BCUT2D eigenvalue weighted by Gasteiger charge is -2.33. The molecule has 3 N–H and O–H groups in total. The van der Waals surface area contributed by atoms with Crippen molar-refractivity contribution in [3.63, 3.8) is 0 Å². The van der Waals surface area contributed by atoms with Gasteiger partial charge in [-0.3, -0.25) is 4.79 Å². The summed E-state index contributed by atoms with van der Waals surface area (Å²) in [7, 11) is 0. The first-order chi connectivity index (χ1) is 13.2. The smallest absolute Gasteiger partial charge is 0.220 e. The molecule has 1 unspecified atom stereocenters. The number of amides is 1. The second-order valence-electron chi connectivity index (χ2n) is 8.21. The Bertz CT molecular complexity index is 562. The highest BCUT2D eigenvalue weighted by Gasteiger charge is 2.22. The standard InChI is InChI=1S/C22H35N3O2.2ClH/c26-21(20-4-2-1-3-5-20)17-25-14-10-19(11-15-25)16-24-22(27)7-6-18-8-12-23-13-9-18;;/h1-5,18-19,21,23,26H,6-17H2,(H,24,27);2*1H. The minimum atomic E-state index is -0.419. The highest BCUT2D eigenvalue weighted by atomic mass is 35.5. The van der Waals surface area contributed by atoms with Gasteiger partial charge >= 0.3 is 0 Å². The molecule has 0 spiro atoms. The van der Waals surface area contributed by atoms with E-state index in [1.807, 2.05) is 30.3 Å². The van der Waals surface area contributed by atoms with Crippen LogP contribution in [0.2, 0.25) is 0 Å². The van der Waals surface area contributed by atoms with Crippen LogP contribution in [0.25, 0.3) is 0 Å². The van der Waals surface area contributed by atoms with Crippen molar-refractivity contribution in [1.82, 2.24) is 15.5 Å². The SMILES string of the molecule is Cl.Cl.O=C(CCC1CCNCC1)NCC1CCN(CC(O)c2ccccc2)CC1. The first-order valence-electron chi connectivity index (χ1n) is 10.6. The molecule has 166 valence electrons. The average Bonchev–Trinajstić information content (AvgIpc) is 2.73. The van der Waals surface area contributed by atoms with Gasteiger partial charge < -0.3 is 20.6 Å². The number of benzene rings is 1. The fourth-order valence-corrected chi connectivity index (χ4v) is 4.25. The number of hydrogen-bond donors (Lipinski definition) is 3. The van der Waals surface area contributed by atoms with Gasteiger partial charge in [0.25, 0.3) is 0 Å². The number of aliphatic hydroxyl groups is 1. The molecule has 2 aliphatic heterocycles. The lowest BCUT2D eigenvalue weighted by Crippen LogP contribution is -2.40. The minimum Gasteiger partial charge on any atom is -0.387 e. The van der Waals surface area contributed by atoms with Gasteiger partial charge in [0.05, 0.1) is 6.10 Å². The molecule has 1 amide bonds. The van der Waals surface area contributed by atoms with E-state index < -0.39 is 6.10 Å². The molecule has 0 aliphatic carbocycles. The molecular formula is C22H37Cl2N3O2. The molecule has 29 heavy (non-hydrogen) atoms. The van der Waals surface area contributed by atoms with E-state index in [1.54, 1.807) is 0 Å². The van der Waals surface area contributed by atoms with Crippen molar-refractivity contribution in [2.24, 2.45) is 11.8 Å². The van der Waals surface area contributed by atoms with Crippen molar-refractivity contribution in [2.45, 2.75) is 44.6 Å². The third kappa shape index (κ3) is 9.22. The van der Waals surface area contributed by atoms with Gasteiger partial charge in [-0.15, -0.1) is 24.8 Å². The molecule has 3 rings (SSSR count). The van der Waals surface area contributed by atoms with Gasteiger partial charge in [0.1, 0.15) is 0 Å². The van der Waals surface area contributed by atoms with Crippen LogP contribution in [0, 0.1) is 11.8 Å². The average molecular weight is 446 g/mol. The van der Waals surface area contributed by atoms with Gasteiger partial charge in [-0.25, -0.2) is 0 Å². The third-order valence-electron chi connectivity index (χ3n) is 6.15. The van der Waals surface area contributed by atoms with E-state index in [2.05, 4.69) is 15.5 Å². The molecule has 0 aromatic heterocycles. The summed E-state index contributed by atoms with van der Waals surface area (Å²) in [6, 6.07) is 9.88. The number of nitrogens with zero attached hydrogens (tertiary/aromatic N) is 1. The first kappa shape index (κ1) is 26.2. The van der Waals surface area contributed by atoms with Crippen LogP contribution in [0.3, 0.4) is 0 Å². The molecule has 2 saturated heterocycles. The summed E-state index contributed by atoms with van der Waals surface area (Å²) in [6.07, 6.45) is 5.89. The van der Waals surface area contributed by atoms with E-state index in [1.165, 1.54) is 12.8 Å². The summed E-state index contributed by atoms with van der Waals surface area (Å²) >= 11 is 0. The molecule has 2 aliphatic rings. The van der Waals surface area contributed by atoms with Crippen molar-refractivity contribution in [3.8, 4) is 0 Å². The molecule has 1 atom stereocenters. The summed E-state index contributed by atoms with van der Waals surface area (Å²) in [5, 5.41) is 16.9. The predicted molar refractivity (Wildman–Crippen MR) is 123 cm³/mol. The van der Waals surface area contributed by atoms with E-state index >= 15 is 0 Å². The van der Waals surface area contributed by atoms with Gasteiger partial charge in [-0.1, -0.05) is 30.3 Å². The van der Waals surface area contributed by atoms with Gasteiger partial charge in [0, 0.05) is 19.5 Å². The fraction of sp³-hybridized carbons (Fsp3) is 0.682. The fourth-order valence-electron chi connectivity index (χ4n) is 4.25. The zero-order valence-corrected chi connectivity index (χ0v) is 18.9.